The predicted molar refractivity (Wildman–Crippen MR) is 63.6 cm³/mol. The zero-order valence-electron chi connectivity index (χ0n) is 9.37. The quantitative estimate of drug-likeness (QED) is 0.807. The Morgan fingerprint density at radius 1 is 1.47 bits per heavy atom. The molecule has 0 saturated carbocycles. The second-order valence-corrected chi connectivity index (χ2v) is 3.60. The standard InChI is InChI=1S/C11H13N5O/c1-8(12)11(17)15-9-4-2-5-13-10(9)16-7-3-6-14-16/h2-8H,12H2,1H3,(H,15,17)/t8-/m1/s1. The molecule has 0 bridgehead atoms. The number of nitrogens with one attached hydrogen (secondary N) is 1. The molecule has 0 fully saturated rings. The van der Waals surface area contributed by atoms with E-state index in [1.165, 1.54) is 0 Å². The van der Waals surface area contributed by atoms with Gasteiger partial charge in [-0.3, -0.25) is 4.79 Å². The lowest BCUT2D eigenvalue weighted by Crippen LogP contribution is -2.32. The molecule has 2 heterocycles. The SMILES string of the molecule is C[C@@H](N)C(=O)Nc1cccnc1-n1cccn1. The molecule has 0 spiro atoms. The minimum atomic E-state index is -0.569. The van der Waals surface area contributed by atoms with Crippen molar-refractivity contribution in [1.82, 2.24) is 14.8 Å². The van der Waals surface area contributed by atoms with Crippen LogP contribution in [0.25, 0.3) is 5.82 Å². The number of amides is 1. The monoisotopic (exact) mass is 231 g/mol. The Morgan fingerprint density at radius 3 is 2.94 bits per heavy atom. The maximum Gasteiger partial charge on any atom is 0.241 e. The Hall–Kier alpha value is -2.21. The highest BCUT2D eigenvalue weighted by Crippen LogP contribution is 2.15. The topological polar surface area (TPSA) is 85.8 Å². The first-order chi connectivity index (χ1) is 8.18. The molecule has 17 heavy (non-hydrogen) atoms. The molecule has 1 amide bonds. The number of anilines is 1. The van der Waals surface area contributed by atoms with E-state index in [0.29, 0.717) is 11.5 Å². The Labute approximate surface area is 98.5 Å². The van der Waals surface area contributed by atoms with Crippen LogP contribution in [0.1, 0.15) is 6.92 Å². The van der Waals surface area contributed by atoms with Gasteiger partial charge in [0.15, 0.2) is 5.82 Å². The molecule has 0 aliphatic rings. The van der Waals surface area contributed by atoms with E-state index in [2.05, 4.69) is 15.4 Å². The number of hydrogen-bond acceptors (Lipinski definition) is 4. The Balaban J connectivity index is 2.32. The summed E-state index contributed by atoms with van der Waals surface area (Å²) in [5.74, 6) is 0.304. The number of rotatable bonds is 3. The van der Waals surface area contributed by atoms with Crippen LogP contribution in [-0.2, 0) is 4.79 Å². The number of carbonyl (C=O) groups is 1. The number of carbonyl (C=O) groups excluding carboxylic acids is 1. The highest BCUT2D eigenvalue weighted by atomic mass is 16.2. The number of aromatic nitrogens is 3. The van der Waals surface area contributed by atoms with Gasteiger partial charge in [0.25, 0.3) is 0 Å². The van der Waals surface area contributed by atoms with Gasteiger partial charge in [-0.25, -0.2) is 9.67 Å². The molecule has 0 aliphatic carbocycles. The average molecular weight is 231 g/mol. The lowest BCUT2D eigenvalue weighted by atomic mass is 10.3. The van der Waals surface area contributed by atoms with E-state index in [9.17, 15) is 4.79 Å². The van der Waals surface area contributed by atoms with E-state index in [-0.39, 0.29) is 5.91 Å². The van der Waals surface area contributed by atoms with Gasteiger partial charge in [-0.15, -0.1) is 0 Å². The fourth-order valence-corrected chi connectivity index (χ4v) is 1.32. The van der Waals surface area contributed by atoms with Crippen LogP contribution in [0, 0.1) is 0 Å². The number of pyridine rings is 1. The third-order valence-corrected chi connectivity index (χ3v) is 2.18. The molecule has 0 saturated heterocycles. The first kappa shape index (κ1) is 11.3. The van der Waals surface area contributed by atoms with Crippen molar-refractivity contribution in [2.75, 3.05) is 5.32 Å². The summed E-state index contributed by atoms with van der Waals surface area (Å²) in [4.78, 5) is 15.7. The predicted octanol–water partition coefficient (Wildman–Crippen LogP) is 0.553. The van der Waals surface area contributed by atoms with Gasteiger partial charge in [0, 0.05) is 18.6 Å². The van der Waals surface area contributed by atoms with Crippen LogP contribution in [-0.4, -0.2) is 26.7 Å². The third-order valence-electron chi connectivity index (χ3n) is 2.18. The van der Waals surface area contributed by atoms with E-state index < -0.39 is 6.04 Å². The van der Waals surface area contributed by atoms with Crippen molar-refractivity contribution >= 4 is 11.6 Å². The van der Waals surface area contributed by atoms with Crippen LogP contribution in [0.4, 0.5) is 5.69 Å². The van der Waals surface area contributed by atoms with E-state index in [0.717, 1.165) is 0 Å². The third kappa shape index (κ3) is 2.48. The zero-order valence-corrected chi connectivity index (χ0v) is 9.37. The van der Waals surface area contributed by atoms with Crippen LogP contribution in [0.5, 0.6) is 0 Å². The van der Waals surface area contributed by atoms with Gasteiger partial charge in [-0.05, 0) is 25.1 Å². The van der Waals surface area contributed by atoms with Gasteiger partial charge in [0.05, 0.1) is 11.7 Å². The smallest absolute Gasteiger partial charge is 0.241 e. The Kier molecular flexibility index (Phi) is 3.15. The summed E-state index contributed by atoms with van der Waals surface area (Å²) in [6.45, 7) is 1.62. The molecule has 2 aromatic heterocycles. The fraction of sp³-hybridized carbons (Fsp3) is 0.182. The Morgan fingerprint density at radius 2 is 2.29 bits per heavy atom. The Bertz CT molecular complexity index is 506. The molecule has 3 N–H and O–H groups in total. The van der Waals surface area contributed by atoms with Crippen molar-refractivity contribution in [3.05, 3.63) is 36.8 Å². The maximum absolute atomic E-state index is 11.5. The van der Waals surface area contributed by atoms with Gasteiger partial charge in [-0.2, -0.15) is 5.10 Å². The molecule has 0 radical (unpaired) electrons. The van der Waals surface area contributed by atoms with Gasteiger partial charge in [-0.1, -0.05) is 0 Å². The number of hydrogen-bond donors (Lipinski definition) is 2. The van der Waals surface area contributed by atoms with Crippen molar-refractivity contribution < 1.29 is 4.79 Å². The van der Waals surface area contributed by atoms with Crippen molar-refractivity contribution in [2.45, 2.75) is 13.0 Å². The molecular weight excluding hydrogens is 218 g/mol. The highest BCUT2D eigenvalue weighted by molar-refractivity contribution is 5.95. The number of nitrogens with zero attached hydrogens (tertiary/aromatic N) is 3. The van der Waals surface area contributed by atoms with Crippen molar-refractivity contribution in [2.24, 2.45) is 5.73 Å². The van der Waals surface area contributed by atoms with Crippen LogP contribution in [0.3, 0.4) is 0 Å². The molecule has 2 rings (SSSR count). The summed E-state index contributed by atoms with van der Waals surface area (Å²) in [5.41, 5.74) is 6.08. The minimum Gasteiger partial charge on any atom is -0.322 e. The van der Waals surface area contributed by atoms with E-state index in [1.54, 1.807) is 48.4 Å². The minimum absolute atomic E-state index is 0.258. The largest absolute Gasteiger partial charge is 0.322 e. The lowest BCUT2D eigenvalue weighted by Gasteiger charge is -2.11. The van der Waals surface area contributed by atoms with Gasteiger partial charge >= 0.3 is 0 Å². The van der Waals surface area contributed by atoms with Gasteiger partial charge in [0.2, 0.25) is 5.91 Å². The summed E-state index contributed by atoms with van der Waals surface area (Å²) in [7, 11) is 0. The molecule has 6 heteroatoms. The zero-order chi connectivity index (χ0) is 12.3. The highest BCUT2D eigenvalue weighted by Gasteiger charge is 2.11. The van der Waals surface area contributed by atoms with Crippen molar-refractivity contribution in [1.29, 1.82) is 0 Å². The summed E-state index contributed by atoms with van der Waals surface area (Å²) < 4.78 is 1.58. The first-order valence-electron chi connectivity index (χ1n) is 5.20. The molecule has 0 aliphatic heterocycles. The van der Waals surface area contributed by atoms with E-state index in [1.807, 2.05) is 0 Å². The van der Waals surface area contributed by atoms with E-state index >= 15 is 0 Å². The molecular formula is C11H13N5O. The summed E-state index contributed by atoms with van der Waals surface area (Å²) in [5, 5.41) is 6.78. The normalized spacial score (nSPS) is 12.1. The van der Waals surface area contributed by atoms with Crippen molar-refractivity contribution in [3.63, 3.8) is 0 Å². The van der Waals surface area contributed by atoms with Crippen molar-refractivity contribution in [3.8, 4) is 5.82 Å². The fourth-order valence-electron chi connectivity index (χ4n) is 1.32. The molecule has 2 aromatic rings. The second kappa shape index (κ2) is 4.75. The molecule has 1 atom stereocenters. The lowest BCUT2D eigenvalue weighted by molar-refractivity contribution is -0.117. The van der Waals surface area contributed by atoms with Crippen LogP contribution < -0.4 is 11.1 Å². The molecule has 6 nitrogen and oxygen atoms in total. The van der Waals surface area contributed by atoms with Gasteiger partial charge < -0.3 is 11.1 Å². The summed E-state index contributed by atoms with van der Waals surface area (Å²) >= 11 is 0. The van der Waals surface area contributed by atoms with Crippen LogP contribution >= 0.6 is 0 Å². The van der Waals surface area contributed by atoms with Crippen LogP contribution in [0.2, 0.25) is 0 Å². The van der Waals surface area contributed by atoms with Gasteiger partial charge in [0.1, 0.15) is 0 Å². The summed E-state index contributed by atoms with van der Waals surface area (Å²) in [6, 6.07) is 4.71. The number of nitrogens with two attached hydrogens (primary N) is 1. The summed E-state index contributed by atoms with van der Waals surface area (Å²) in [6.07, 6.45) is 5.04. The van der Waals surface area contributed by atoms with Crippen LogP contribution in [0.15, 0.2) is 36.8 Å². The molecule has 0 unspecified atom stereocenters. The second-order valence-electron chi connectivity index (χ2n) is 3.60. The first-order valence-corrected chi connectivity index (χ1v) is 5.20. The van der Waals surface area contributed by atoms with E-state index in [4.69, 9.17) is 5.73 Å². The molecule has 88 valence electrons. The molecule has 0 aromatic carbocycles. The maximum atomic E-state index is 11.5. The average Bonchev–Trinajstić information content (AvgIpc) is 2.83.